The number of carboxylic acid groups (broad SMARTS) is 1. The number of carbonyl (C=O) groups excluding carboxylic acids is 1. The van der Waals surface area contributed by atoms with Gasteiger partial charge in [-0.15, -0.1) is 0 Å². The number of hydrogen-bond acceptors (Lipinski definition) is 2. The summed E-state index contributed by atoms with van der Waals surface area (Å²) in [6, 6.07) is 6.66. The van der Waals surface area contributed by atoms with Crippen LogP contribution < -0.4 is 0 Å². The molecule has 5 heteroatoms. The van der Waals surface area contributed by atoms with E-state index in [9.17, 15) is 14.7 Å². The van der Waals surface area contributed by atoms with Crippen molar-refractivity contribution in [1.29, 1.82) is 0 Å². The van der Waals surface area contributed by atoms with Crippen molar-refractivity contribution in [2.75, 3.05) is 0 Å². The molecule has 0 saturated heterocycles. The van der Waals surface area contributed by atoms with E-state index >= 15 is 0 Å². The summed E-state index contributed by atoms with van der Waals surface area (Å²) >= 11 is 6.13. The molecule has 0 radical (unpaired) electrons. The smallest absolute Gasteiger partial charge is 0.352 e. The maximum atomic E-state index is 11.4. The zero-order valence-corrected chi connectivity index (χ0v) is 11.2. The van der Waals surface area contributed by atoms with Gasteiger partial charge in [-0.1, -0.05) is 17.7 Å². The molecule has 1 N–H and O–H groups in total. The average Bonchev–Trinajstić information content (AvgIpc) is 2.73. The van der Waals surface area contributed by atoms with Gasteiger partial charge in [-0.3, -0.25) is 4.79 Å². The lowest BCUT2D eigenvalue weighted by molar-refractivity contribution is 0.0688. The number of aromatic nitrogens is 1. The summed E-state index contributed by atoms with van der Waals surface area (Å²) in [5, 5.41) is 9.63. The van der Waals surface area contributed by atoms with Crippen LogP contribution in [0.3, 0.4) is 0 Å². The minimum atomic E-state index is -1.11. The predicted octanol–water partition coefficient (Wildman–Crippen LogP) is 3.34. The van der Waals surface area contributed by atoms with Crippen LogP contribution in [0.4, 0.5) is 0 Å². The number of aromatic carboxylic acids is 1. The van der Waals surface area contributed by atoms with E-state index in [2.05, 4.69) is 0 Å². The van der Waals surface area contributed by atoms with Crippen LogP contribution in [-0.4, -0.2) is 21.4 Å². The van der Waals surface area contributed by atoms with Crippen molar-refractivity contribution >= 4 is 23.4 Å². The number of rotatable bonds is 3. The molecule has 1 aromatic carbocycles. The van der Waals surface area contributed by atoms with E-state index in [1.54, 1.807) is 12.1 Å². The second-order valence-electron chi connectivity index (χ2n) is 4.30. The number of Topliss-reactive ketones (excluding diaryl/α,β-unsaturated/α-hetero) is 1. The molecule has 2 rings (SSSR count). The van der Waals surface area contributed by atoms with Crippen LogP contribution in [0.25, 0.3) is 5.69 Å². The standard InChI is InChI=1S/C14H12ClNO3/c1-8-3-4-12(11(15)5-8)16-7-10(9(2)17)6-13(16)14(18)19/h3-7H,1-2H3,(H,18,19). The van der Waals surface area contributed by atoms with Crippen LogP contribution in [0.2, 0.25) is 5.02 Å². The number of ketones is 1. The summed E-state index contributed by atoms with van der Waals surface area (Å²) in [5.41, 5.74) is 1.87. The summed E-state index contributed by atoms with van der Waals surface area (Å²) in [4.78, 5) is 22.6. The van der Waals surface area contributed by atoms with Gasteiger partial charge in [0.1, 0.15) is 5.69 Å². The Morgan fingerprint density at radius 2 is 1.95 bits per heavy atom. The minimum Gasteiger partial charge on any atom is -0.477 e. The molecule has 0 fully saturated rings. The molecule has 2 aromatic rings. The third kappa shape index (κ3) is 2.53. The summed E-state index contributed by atoms with van der Waals surface area (Å²) in [6.45, 7) is 3.28. The van der Waals surface area contributed by atoms with Crippen molar-refractivity contribution in [3.63, 3.8) is 0 Å². The number of benzene rings is 1. The van der Waals surface area contributed by atoms with Gasteiger partial charge in [-0.25, -0.2) is 4.79 Å². The van der Waals surface area contributed by atoms with Crippen LogP contribution in [0, 0.1) is 6.92 Å². The van der Waals surface area contributed by atoms with Crippen LogP contribution in [0.5, 0.6) is 0 Å². The number of aryl methyl sites for hydroxylation is 1. The molecular weight excluding hydrogens is 266 g/mol. The van der Waals surface area contributed by atoms with Gasteiger partial charge in [-0.2, -0.15) is 0 Å². The van der Waals surface area contributed by atoms with Crippen LogP contribution in [-0.2, 0) is 0 Å². The third-order valence-electron chi connectivity index (χ3n) is 2.81. The maximum Gasteiger partial charge on any atom is 0.352 e. The Balaban J connectivity index is 2.66. The van der Waals surface area contributed by atoms with Crippen LogP contribution in [0.15, 0.2) is 30.5 Å². The van der Waals surface area contributed by atoms with E-state index in [0.717, 1.165) is 5.56 Å². The molecule has 0 amide bonds. The van der Waals surface area contributed by atoms with E-state index in [-0.39, 0.29) is 11.5 Å². The molecule has 19 heavy (non-hydrogen) atoms. The van der Waals surface area contributed by atoms with Crippen LogP contribution in [0.1, 0.15) is 33.3 Å². The number of hydrogen-bond donors (Lipinski definition) is 1. The predicted molar refractivity (Wildman–Crippen MR) is 72.5 cm³/mol. The van der Waals surface area contributed by atoms with E-state index in [1.165, 1.54) is 23.8 Å². The van der Waals surface area contributed by atoms with E-state index < -0.39 is 5.97 Å². The molecule has 0 atom stereocenters. The van der Waals surface area contributed by atoms with Gasteiger partial charge >= 0.3 is 5.97 Å². The highest BCUT2D eigenvalue weighted by molar-refractivity contribution is 6.32. The van der Waals surface area contributed by atoms with Crippen LogP contribution >= 0.6 is 11.6 Å². The monoisotopic (exact) mass is 277 g/mol. The fraction of sp³-hybridized carbons (Fsp3) is 0.143. The Morgan fingerprint density at radius 3 is 2.47 bits per heavy atom. The Kier molecular flexibility index (Phi) is 3.44. The first-order chi connectivity index (χ1) is 8.90. The average molecular weight is 278 g/mol. The zero-order chi connectivity index (χ0) is 14.2. The lowest BCUT2D eigenvalue weighted by Crippen LogP contribution is -2.06. The van der Waals surface area contributed by atoms with Crippen molar-refractivity contribution in [2.45, 2.75) is 13.8 Å². The molecule has 0 saturated carbocycles. The molecule has 1 heterocycles. The summed E-state index contributed by atoms with van der Waals surface area (Å²) in [7, 11) is 0. The topological polar surface area (TPSA) is 59.3 Å². The second kappa shape index (κ2) is 4.90. The maximum absolute atomic E-state index is 11.4. The Bertz CT molecular complexity index is 673. The Morgan fingerprint density at radius 1 is 1.26 bits per heavy atom. The highest BCUT2D eigenvalue weighted by atomic mass is 35.5. The van der Waals surface area contributed by atoms with Gasteiger partial charge in [0.15, 0.2) is 5.78 Å². The molecule has 0 bridgehead atoms. The van der Waals surface area contributed by atoms with Gasteiger partial charge in [0.05, 0.1) is 10.7 Å². The number of carboxylic acids is 1. The molecule has 0 aliphatic heterocycles. The molecule has 4 nitrogen and oxygen atoms in total. The first kappa shape index (κ1) is 13.4. The van der Waals surface area contributed by atoms with Crippen molar-refractivity contribution in [3.8, 4) is 5.69 Å². The minimum absolute atomic E-state index is 0.0101. The highest BCUT2D eigenvalue weighted by Gasteiger charge is 2.17. The van der Waals surface area contributed by atoms with E-state index in [1.807, 2.05) is 13.0 Å². The zero-order valence-electron chi connectivity index (χ0n) is 10.5. The lowest BCUT2D eigenvalue weighted by atomic mass is 10.2. The Labute approximate surface area is 115 Å². The molecule has 0 aliphatic carbocycles. The highest BCUT2D eigenvalue weighted by Crippen LogP contribution is 2.25. The van der Waals surface area contributed by atoms with Crippen molar-refractivity contribution in [3.05, 3.63) is 52.3 Å². The quantitative estimate of drug-likeness (QED) is 0.875. The van der Waals surface area contributed by atoms with Gasteiger partial charge in [0, 0.05) is 11.8 Å². The molecule has 1 aromatic heterocycles. The molecule has 0 aliphatic rings. The molecule has 98 valence electrons. The molecule has 0 unspecified atom stereocenters. The van der Waals surface area contributed by atoms with Gasteiger partial charge in [0.25, 0.3) is 0 Å². The third-order valence-corrected chi connectivity index (χ3v) is 3.11. The SMILES string of the molecule is CC(=O)c1cc(C(=O)O)n(-c2ccc(C)cc2Cl)c1. The largest absolute Gasteiger partial charge is 0.477 e. The number of halogens is 1. The first-order valence-corrected chi connectivity index (χ1v) is 6.01. The second-order valence-corrected chi connectivity index (χ2v) is 4.71. The summed E-state index contributed by atoms with van der Waals surface area (Å²) in [5.74, 6) is -1.30. The molecule has 0 spiro atoms. The van der Waals surface area contributed by atoms with E-state index in [4.69, 9.17) is 11.6 Å². The Hall–Kier alpha value is -2.07. The van der Waals surface area contributed by atoms with E-state index in [0.29, 0.717) is 16.3 Å². The normalized spacial score (nSPS) is 10.5. The van der Waals surface area contributed by atoms with Gasteiger partial charge in [0.2, 0.25) is 0 Å². The fourth-order valence-electron chi connectivity index (χ4n) is 1.83. The molecular formula is C14H12ClNO3. The van der Waals surface area contributed by atoms with Crippen molar-refractivity contribution in [2.24, 2.45) is 0 Å². The first-order valence-electron chi connectivity index (χ1n) is 5.63. The fourth-order valence-corrected chi connectivity index (χ4v) is 2.15. The summed E-state index contributed by atoms with van der Waals surface area (Å²) < 4.78 is 1.42. The van der Waals surface area contributed by atoms with Crippen molar-refractivity contribution < 1.29 is 14.7 Å². The van der Waals surface area contributed by atoms with Gasteiger partial charge < -0.3 is 9.67 Å². The summed E-state index contributed by atoms with van der Waals surface area (Å²) in [6.07, 6.45) is 1.49. The van der Waals surface area contributed by atoms with Crippen molar-refractivity contribution in [1.82, 2.24) is 4.57 Å². The van der Waals surface area contributed by atoms with Gasteiger partial charge in [-0.05, 0) is 37.6 Å². The lowest BCUT2D eigenvalue weighted by Gasteiger charge is -2.09. The number of carbonyl (C=O) groups is 2. The number of nitrogens with zero attached hydrogens (tertiary/aromatic N) is 1.